The molecule has 1 N–H and O–H groups in total. The summed E-state index contributed by atoms with van der Waals surface area (Å²) in [6, 6.07) is 14.2. The molecule has 2 aromatic carbocycles. The van der Waals surface area contributed by atoms with E-state index < -0.39 is 18.0 Å². The fraction of sp³-hybridized carbons (Fsp3) is 0.318. The Bertz CT molecular complexity index is 846. The van der Waals surface area contributed by atoms with Gasteiger partial charge in [0.25, 0.3) is 5.91 Å². The molecular weight excluding hydrogens is 358 g/mol. The number of carbonyl (C=O) groups excluding carboxylic acids is 3. The largest absolute Gasteiger partial charge is 0.494 e. The molecule has 0 heterocycles. The first-order chi connectivity index (χ1) is 13.4. The van der Waals surface area contributed by atoms with Crippen LogP contribution in [-0.2, 0) is 20.7 Å². The Balaban J connectivity index is 1.90. The molecule has 148 valence electrons. The summed E-state index contributed by atoms with van der Waals surface area (Å²) < 4.78 is 10.8. The molecule has 1 amide bonds. The molecule has 0 bridgehead atoms. The second-order valence-corrected chi connectivity index (χ2v) is 6.26. The lowest BCUT2D eigenvalue weighted by atomic mass is 10.1. The van der Waals surface area contributed by atoms with Crippen molar-refractivity contribution in [1.82, 2.24) is 0 Å². The van der Waals surface area contributed by atoms with Crippen molar-refractivity contribution < 1.29 is 23.9 Å². The minimum atomic E-state index is -0.977. The van der Waals surface area contributed by atoms with Gasteiger partial charge >= 0.3 is 5.97 Å². The van der Waals surface area contributed by atoms with Crippen LogP contribution in [0.1, 0.15) is 43.1 Å². The van der Waals surface area contributed by atoms with Crippen LogP contribution in [-0.4, -0.2) is 30.4 Å². The van der Waals surface area contributed by atoms with Crippen molar-refractivity contribution >= 4 is 23.3 Å². The highest BCUT2D eigenvalue weighted by Gasteiger charge is 2.19. The number of nitrogens with one attached hydrogen (secondary N) is 1. The summed E-state index contributed by atoms with van der Waals surface area (Å²) in [6.45, 7) is 5.36. The Kier molecular flexibility index (Phi) is 7.75. The van der Waals surface area contributed by atoms with Crippen LogP contribution in [0.15, 0.2) is 48.5 Å². The second-order valence-electron chi connectivity index (χ2n) is 6.26. The summed E-state index contributed by atoms with van der Waals surface area (Å²) in [5, 5.41) is 2.64. The third kappa shape index (κ3) is 5.94. The lowest BCUT2D eigenvalue weighted by Crippen LogP contribution is -2.30. The SMILES string of the molecule is CCOc1ccccc1CCC(=O)O[C@H](C)C(=O)Nc1ccccc1C(C)=O. The van der Waals surface area contributed by atoms with E-state index in [2.05, 4.69) is 5.32 Å². The van der Waals surface area contributed by atoms with Gasteiger partial charge in [0.1, 0.15) is 5.75 Å². The molecule has 0 radical (unpaired) electrons. The predicted molar refractivity (Wildman–Crippen MR) is 107 cm³/mol. The number of esters is 1. The van der Waals surface area contributed by atoms with E-state index in [1.807, 2.05) is 31.2 Å². The summed E-state index contributed by atoms with van der Waals surface area (Å²) >= 11 is 0. The van der Waals surface area contributed by atoms with Crippen molar-refractivity contribution in [2.75, 3.05) is 11.9 Å². The zero-order chi connectivity index (χ0) is 20.5. The molecule has 2 rings (SSSR count). The van der Waals surface area contributed by atoms with Crippen LogP contribution in [0.4, 0.5) is 5.69 Å². The topological polar surface area (TPSA) is 81.7 Å². The van der Waals surface area contributed by atoms with Crippen LogP contribution in [0.25, 0.3) is 0 Å². The molecule has 1 atom stereocenters. The highest BCUT2D eigenvalue weighted by atomic mass is 16.5. The maximum Gasteiger partial charge on any atom is 0.306 e. The number of hydrogen-bond acceptors (Lipinski definition) is 5. The van der Waals surface area contributed by atoms with E-state index in [0.717, 1.165) is 11.3 Å². The van der Waals surface area contributed by atoms with Crippen molar-refractivity contribution in [3.05, 3.63) is 59.7 Å². The highest BCUT2D eigenvalue weighted by Crippen LogP contribution is 2.20. The van der Waals surface area contributed by atoms with Crippen LogP contribution in [0.3, 0.4) is 0 Å². The molecule has 28 heavy (non-hydrogen) atoms. The summed E-state index contributed by atoms with van der Waals surface area (Å²) in [5.41, 5.74) is 1.71. The number of anilines is 1. The second kappa shape index (κ2) is 10.3. The molecule has 0 saturated heterocycles. The minimum Gasteiger partial charge on any atom is -0.494 e. The van der Waals surface area contributed by atoms with Crippen LogP contribution in [0.2, 0.25) is 0 Å². The van der Waals surface area contributed by atoms with Gasteiger partial charge in [-0.15, -0.1) is 0 Å². The number of rotatable bonds is 9. The van der Waals surface area contributed by atoms with Gasteiger partial charge in [0.2, 0.25) is 0 Å². The van der Waals surface area contributed by atoms with Gasteiger partial charge in [0.05, 0.1) is 12.3 Å². The normalized spacial score (nSPS) is 11.4. The van der Waals surface area contributed by atoms with Crippen LogP contribution in [0, 0.1) is 0 Å². The average molecular weight is 383 g/mol. The summed E-state index contributed by atoms with van der Waals surface area (Å²) in [7, 11) is 0. The summed E-state index contributed by atoms with van der Waals surface area (Å²) in [6.07, 6.45) is -0.392. The fourth-order valence-corrected chi connectivity index (χ4v) is 2.69. The van der Waals surface area contributed by atoms with Gasteiger partial charge in [-0.3, -0.25) is 14.4 Å². The minimum absolute atomic E-state index is 0.131. The highest BCUT2D eigenvalue weighted by molar-refractivity contribution is 6.04. The Labute approximate surface area is 164 Å². The molecule has 0 aromatic heterocycles. The number of ketones is 1. The van der Waals surface area contributed by atoms with Crippen LogP contribution < -0.4 is 10.1 Å². The van der Waals surface area contributed by atoms with Gasteiger partial charge in [-0.25, -0.2) is 0 Å². The number of ether oxygens (including phenoxy) is 2. The Morgan fingerprint density at radius 1 is 1.04 bits per heavy atom. The third-order valence-electron chi connectivity index (χ3n) is 4.11. The van der Waals surface area contributed by atoms with Gasteiger partial charge in [-0.1, -0.05) is 30.3 Å². The van der Waals surface area contributed by atoms with E-state index in [4.69, 9.17) is 9.47 Å². The van der Waals surface area contributed by atoms with E-state index in [1.165, 1.54) is 13.8 Å². The smallest absolute Gasteiger partial charge is 0.306 e. The number of amides is 1. The first-order valence-electron chi connectivity index (χ1n) is 9.23. The van der Waals surface area contributed by atoms with Crippen molar-refractivity contribution in [3.8, 4) is 5.75 Å². The van der Waals surface area contributed by atoms with Gasteiger partial charge in [0, 0.05) is 12.0 Å². The van der Waals surface area contributed by atoms with E-state index in [0.29, 0.717) is 24.3 Å². The molecule has 0 unspecified atom stereocenters. The summed E-state index contributed by atoms with van der Waals surface area (Å²) in [5.74, 6) is -0.386. The predicted octanol–water partition coefficient (Wildman–Crippen LogP) is 3.79. The third-order valence-corrected chi connectivity index (χ3v) is 4.11. The Morgan fingerprint density at radius 3 is 2.43 bits per heavy atom. The zero-order valence-electron chi connectivity index (χ0n) is 16.4. The lowest BCUT2D eigenvalue weighted by Gasteiger charge is -2.15. The monoisotopic (exact) mass is 383 g/mol. The van der Waals surface area contributed by atoms with Crippen molar-refractivity contribution in [1.29, 1.82) is 0 Å². The molecule has 2 aromatic rings. The quantitative estimate of drug-likeness (QED) is 0.526. The van der Waals surface area contributed by atoms with E-state index in [1.54, 1.807) is 24.3 Å². The number of aryl methyl sites for hydroxylation is 1. The van der Waals surface area contributed by atoms with Gasteiger partial charge in [-0.05, 0) is 51.0 Å². The van der Waals surface area contributed by atoms with Gasteiger partial charge < -0.3 is 14.8 Å². The molecule has 0 aliphatic carbocycles. The first kappa shape index (κ1) is 21.2. The van der Waals surface area contributed by atoms with Crippen LogP contribution in [0.5, 0.6) is 5.75 Å². The molecule has 6 nitrogen and oxygen atoms in total. The van der Waals surface area contributed by atoms with Crippen molar-refractivity contribution in [2.24, 2.45) is 0 Å². The van der Waals surface area contributed by atoms with E-state index >= 15 is 0 Å². The maximum absolute atomic E-state index is 12.3. The first-order valence-corrected chi connectivity index (χ1v) is 9.23. The summed E-state index contributed by atoms with van der Waals surface area (Å²) in [4.78, 5) is 36.1. The number of para-hydroxylation sites is 2. The molecule has 6 heteroatoms. The fourth-order valence-electron chi connectivity index (χ4n) is 2.69. The van der Waals surface area contributed by atoms with Gasteiger partial charge in [-0.2, -0.15) is 0 Å². The molecular formula is C22H25NO5. The Morgan fingerprint density at radius 2 is 1.71 bits per heavy atom. The average Bonchev–Trinajstić information content (AvgIpc) is 2.67. The number of hydrogen-bond donors (Lipinski definition) is 1. The zero-order valence-corrected chi connectivity index (χ0v) is 16.4. The number of benzene rings is 2. The maximum atomic E-state index is 12.3. The molecule has 0 spiro atoms. The lowest BCUT2D eigenvalue weighted by molar-refractivity contribution is -0.153. The van der Waals surface area contributed by atoms with Gasteiger partial charge in [0.15, 0.2) is 11.9 Å². The van der Waals surface area contributed by atoms with E-state index in [9.17, 15) is 14.4 Å². The molecule has 0 aliphatic rings. The molecule has 0 fully saturated rings. The number of Topliss-reactive ketones (excluding diaryl/α,β-unsaturated/α-hetero) is 1. The van der Waals surface area contributed by atoms with E-state index in [-0.39, 0.29) is 12.2 Å². The van der Waals surface area contributed by atoms with Crippen molar-refractivity contribution in [3.63, 3.8) is 0 Å². The number of carbonyl (C=O) groups is 3. The van der Waals surface area contributed by atoms with Crippen LogP contribution >= 0.6 is 0 Å². The Hall–Kier alpha value is -3.15. The van der Waals surface area contributed by atoms with Crippen molar-refractivity contribution in [2.45, 2.75) is 39.7 Å². The molecule has 0 saturated carbocycles. The standard InChI is InChI=1S/C22H25NO5/c1-4-27-20-12-8-5-9-17(20)13-14-21(25)28-16(3)22(26)23-19-11-7-6-10-18(19)15(2)24/h5-12,16H,4,13-14H2,1-3H3,(H,23,26)/t16-/m1/s1. The molecule has 0 aliphatic heterocycles.